The van der Waals surface area contributed by atoms with Crippen molar-refractivity contribution in [3.05, 3.63) is 42.1 Å². The first-order valence-electron chi connectivity index (χ1n) is 8.33. The number of rotatable bonds is 3. The van der Waals surface area contributed by atoms with Crippen LogP contribution in [-0.4, -0.2) is 20.2 Å². The van der Waals surface area contributed by atoms with Crippen molar-refractivity contribution in [1.29, 1.82) is 0 Å². The van der Waals surface area contributed by atoms with E-state index < -0.39 is 0 Å². The van der Waals surface area contributed by atoms with Crippen LogP contribution in [0.4, 0.5) is 5.13 Å². The van der Waals surface area contributed by atoms with E-state index in [1.807, 2.05) is 6.20 Å². The predicted molar refractivity (Wildman–Crippen MR) is 108 cm³/mol. The van der Waals surface area contributed by atoms with Crippen LogP contribution in [0, 0.1) is 12.8 Å². The zero-order valence-electron chi connectivity index (χ0n) is 13.7. The molecule has 0 atom stereocenters. The molecule has 2 N–H and O–H groups in total. The van der Waals surface area contributed by atoms with Gasteiger partial charge in [-0.2, -0.15) is 5.10 Å². The number of H-pyrrole nitrogens is 1. The van der Waals surface area contributed by atoms with Crippen LogP contribution in [0.25, 0.3) is 32.2 Å². The summed E-state index contributed by atoms with van der Waals surface area (Å²) in [7, 11) is 0. The summed E-state index contributed by atoms with van der Waals surface area (Å²) in [5.41, 5.74) is 5.72. The number of benzene rings is 2. The van der Waals surface area contributed by atoms with Crippen molar-refractivity contribution in [2.24, 2.45) is 5.92 Å². The lowest BCUT2D eigenvalue weighted by molar-refractivity contribution is 1.12. The predicted octanol–water partition coefficient (Wildman–Crippen LogP) is 5.30. The van der Waals surface area contributed by atoms with Crippen molar-refractivity contribution < 1.29 is 0 Å². The molecule has 124 valence electrons. The maximum absolute atomic E-state index is 5.43. The van der Waals surface area contributed by atoms with Crippen LogP contribution < -0.4 is 5.32 Å². The minimum absolute atomic E-state index is 0.555. The fourth-order valence-corrected chi connectivity index (χ4v) is 4.51. The third kappa shape index (κ3) is 2.62. The van der Waals surface area contributed by atoms with Gasteiger partial charge in [0.05, 0.1) is 26.9 Å². The van der Waals surface area contributed by atoms with Gasteiger partial charge < -0.3 is 5.32 Å². The van der Waals surface area contributed by atoms with Gasteiger partial charge in [0.15, 0.2) is 5.13 Å². The number of aryl methyl sites for hydroxylation is 1. The fraction of sp³-hybridized carbons (Fsp3) is 0.211. The average molecular weight is 364 g/mol. The number of fused-ring (bicyclic) bond motifs is 2. The highest BCUT2D eigenvalue weighted by Crippen LogP contribution is 2.36. The quantitative estimate of drug-likeness (QED) is 0.485. The van der Waals surface area contributed by atoms with E-state index in [1.54, 1.807) is 11.3 Å². The molecule has 25 heavy (non-hydrogen) atoms. The lowest BCUT2D eigenvalue weighted by Gasteiger charge is -2.07. The number of hydrogen-bond donors (Lipinski definition) is 2. The highest BCUT2D eigenvalue weighted by atomic mass is 32.1. The smallest absolute Gasteiger partial charge is 0.188 e. The van der Waals surface area contributed by atoms with Gasteiger partial charge in [-0.05, 0) is 54.7 Å². The third-order valence-electron chi connectivity index (χ3n) is 4.69. The molecule has 2 aromatic heterocycles. The number of anilines is 1. The van der Waals surface area contributed by atoms with Crippen molar-refractivity contribution in [2.75, 3.05) is 5.32 Å². The number of nitrogens with one attached hydrogen (secondary N) is 2. The lowest BCUT2D eigenvalue weighted by atomic mass is 9.97. The minimum atomic E-state index is 0.555. The molecule has 0 amide bonds. The van der Waals surface area contributed by atoms with Gasteiger partial charge >= 0.3 is 0 Å². The molecule has 0 saturated heterocycles. The van der Waals surface area contributed by atoms with Crippen LogP contribution in [0.1, 0.15) is 18.4 Å². The van der Waals surface area contributed by atoms with E-state index in [1.165, 1.54) is 34.2 Å². The summed E-state index contributed by atoms with van der Waals surface area (Å²) in [5.74, 6) is 0.555. The number of nitrogens with zero attached hydrogens (tertiary/aromatic N) is 2. The summed E-state index contributed by atoms with van der Waals surface area (Å²) in [5, 5.41) is 12.6. The highest BCUT2D eigenvalue weighted by Gasteiger charge is 2.26. The van der Waals surface area contributed by atoms with Crippen molar-refractivity contribution in [3.63, 3.8) is 0 Å². The van der Waals surface area contributed by atoms with E-state index in [-0.39, 0.29) is 0 Å². The fourth-order valence-electron chi connectivity index (χ4n) is 3.20. The number of hydrogen-bond acceptors (Lipinski definition) is 4. The molecule has 5 rings (SSSR count). The Morgan fingerprint density at radius 2 is 2.16 bits per heavy atom. The zero-order chi connectivity index (χ0) is 17.0. The Hall–Kier alpha value is -2.31. The second-order valence-electron chi connectivity index (χ2n) is 6.55. The molecule has 1 fully saturated rings. The average Bonchev–Trinajstić information content (AvgIpc) is 3.22. The Morgan fingerprint density at radius 3 is 3.00 bits per heavy atom. The van der Waals surface area contributed by atoms with Crippen LogP contribution in [0.3, 0.4) is 0 Å². The molecule has 4 aromatic rings. The molecule has 2 heterocycles. The molecule has 0 aliphatic heterocycles. The SMILES string of the molecule is Cc1ccc2[nH]ncc2c1-c1ccc2nc(NC(=S)C3CC3)sc2c1. The van der Waals surface area contributed by atoms with Gasteiger partial charge in [-0.3, -0.25) is 5.10 Å². The number of thiocarbonyl (C=S) groups is 1. The van der Waals surface area contributed by atoms with Gasteiger partial charge in [0.2, 0.25) is 0 Å². The summed E-state index contributed by atoms with van der Waals surface area (Å²) < 4.78 is 1.17. The Morgan fingerprint density at radius 1 is 1.28 bits per heavy atom. The first kappa shape index (κ1) is 15.0. The maximum Gasteiger partial charge on any atom is 0.188 e. The minimum Gasteiger partial charge on any atom is -0.326 e. The van der Waals surface area contributed by atoms with Crippen LogP contribution in [-0.2, 0) is 0 Å². The number of aromatic nitrogens is 3. The van der Waals surface area contributed by atoms with Crippen molar-refractivity contribution in [2.45, 2.75) is 19.8 Å². The largest absolute Gasteiger partial charge is 0.326 e. The Bertz CT molecular complexity index is 1120. The van der Waals surface area contributed by atoms with Crippen molar-refractivity contribution >= 4 is 54.8 Å². The summed E-state index contributed by atoms with van der Waals surface area (Å²) >= 11 is 7.09. The van der Waals surface area contributed by atoms with Gasteiger partial charge in [0, 0.05) is 11.3 Å². The van der Waals surface area contributed by atoms with E-state index in [4.69, 9.17) is 12.2 Å². The van der Waals surface area contributed by atoms with Gasteiger partial charge in [0.1, 0.15) is 0 Å². The topological polar surface area (TPSA) is 53.6 Å². The molecule has 0 spiro atoms. The molecule has 0 radical (unpaired) electrons. The molecule has 1 saturated carbocycles. The van der Waals surface area contributed by atoms with Gasteiger partial charge in [0.25, 0.3) is 0 Å². The Kier molecular flexibility index (Phi) is 3.36. The Balaban J connectivity index is 1.58. The second kappa shape index (κ2) is 5.61. The molecule has 1 aliphatic carbocycles. The molecular weight excluding hydrogens is 348 g/mol. The highest BCUT2D eigenvalue weighted by molar-refractivity contribution is 7.80. The van der Waals surface area contributed by atoms with Crippen molar-refractivity contribution in [1.82, 2.24) is 15.2 Å². The molecular formula is C19H16N4S2. The Labute approximate surface area is 154 Å². The van der Waals surface area contributed by atoms with E-state index in [0.29, 0.717) is 5.92 Å². The molecule has 2 aromatic carbocycles. The molecule has 0 unspecified atom stereocenters. The molecule has 4 nitrogen and oxygen atoms in total. The van der Waals surface area contributed by atoms with E-state index in [9.17, 15) is 0 Å². The molecule has 6 heteroatoms. The first-order valence-corrected chi connectivity index (χ1v) is 9.56. The summed E-state index contributed by atoms with van der Waals surface area (Å²) in [4.78, 5) is 5.60. The molecule has 1 aliphatic rings. The number of aromatic amines is 1. The van der Waals surface area contributed by atoms with Crippen LogP contribution >= 0.6 is 23.6 Å². The van der Waals surface area contributed by atoms with E-state index in [2.05, 4.69) is 57.8 Å². The van der Waals surface area contributed by atoms with Crippen LogP contribution in [0.15, 0.2) is 36.5 Å². The van der Waals surface area contributed by atoms with Crippen LogP contribution in [0.5, 0.6) is 0 Å². The van der Waals surface area contributed by atoms with E-state index >= 15 is 0 Å². The lowest BCUT2D eigenvalue weighted by Crippen LogP contribution is -2.10. The molecule has 0 bridgehead atoms. The van der Waals surface area contributed by atoms with Gasteiger partial charge in [-0.1, -0.05) is 35.7 Å². The third-order valence-corrected chi connectivity index (χ3v) is 6.06. The standard InChI is InChI=1S/C19H16N4S2/c1-10-2-6-14-13(9-20-23-14)17(10)12-5-7-15-16(8-12)25-19(21-15)22-18(24)11-3-4-11/h2,5-9,11H,3-4H2,1H3,(H,20,23)(H,21,22,24). The number of thiazole rings is 1. The van der Waals surface area contributed by atoms with E-state index in [0.717, 1.165) is 26.5 Å². The maximum atomic E-state index is 5.43. The van der Waals surface area contributed by atoms with Gasteiger partial charge in [-0.15, -0.1) is 0 Å². The van der Waals surface area contributed by atoms with Gasteiger partial charge in [-0.25, -0.2) is 4.98 Å². The van der Waals surface area contributed by atoms with Crippen LogP contribution in [0.2, 0.25) is 0 Å². The summed E-state index contributed by atoms with van der Waals surface area (Å²) in [6.07, 6.45) is 4.30. The second-order valence-corrected chi connectivity index (χ2v) is 8.02. The summed E-state index contributed by atoms with van der Waals surface area (Å²) in [6.45, 7) is 2.14. The monoisotopic (exact) mass is 364 g/mol. The zero-order valence-corrected chi connectivity index (χ0v) is 15.3. The van der Waals surface area contributed by atoms with Crippen molar-refractivity contribution in [3.8, 4) is 11.1 Å². The summed E-state index contributed by atoms with van der Waals surface area (Å²) in [6, 6.07) is 10.7. The normalized spacial score (nSPS) is 14.3. The first-order chi connectivity index (χ1) is 12.2.